The van der Waals surface area contributed by atoms with Gasteiger partial charge in [-0.25, -0.2) is 4.99 Å². The van der Waals surface area contributed by atoms with Crippen LogP contribution >= 0.6 is 0 Å². The molecule has 0 spiro atoms. The Hall–Kier alpha value is -2.82. The van der Waals surface area contributed by atoms with Crippen LogP contribution in [-0.2, 0) is 10.9 Å². The number of halogens is 3. The SMILES string of the molecule is COC[C@H](C)N=C(NC(=O)c1cc(C)oc1C(F)(F)F)Nc1cc(C)[nH]n1. The first kappa shape index (κ1) is 20.5. The van der Waals surface area contributed by atoms with Gasteiger partial charge in [-0.15, -0.1) is 0 Å². The number of methoxy groups -OCH3 is 1. The summed E-state index contributed by atoms with van der Waals surface area (Å²) in [6.45, 7) is 5.06. The molecular formula is C16H20F3N5O3. The normalized spacial score (nSPS) is 13.5. The van der Waals surface area contributed by atoms with Crippen LogP contribution in [0.1, 0.15) is 34.5 Å². The Morgan fingerprint density at radius 3 is 2.67 bits per heavy atom. The zero-order chi connectivity index (χ0) is 20.2. The first-order chi connectivity index (χ1) is 12.6. The van der Waals surface area contributed by atoms with Crippen LogP contribution in [0, 0.1) is 13.8 Å². The fourth-order valence-electron chi connectivity index (χ4n) is 2.27. The maximum atomic E-state index is 13.1. The van der Waals surface area contributed by atoms with E-state index in [9.17, 15) is 18.0 Å². The first-order valence-electron chi connectivity index (χ1n) is 7.95. The molecule has 27 heavy (non-hydrogen) atoms. The van der Waals surface area contributed by atoms with Crippen molar-refractivity contribution in [1.29, 1.82) is 0 Å². The van der Waals surface area contributed by atoms with Crippen LogP contribution < -0.4 is 10.6 Å². The maximum absolute atomic E-state index is 13.1. The van der Waals surface area contributed by atoms with Gasteiger partial charge in [-0.3, -0.25) is 15.2 Å². The van der Waals surface area contributed by atoms with Gasteiger partial charge in [0.25, 0.3) is 5.91 Å². The van der Waals surface area contributed by atoms with E-state index < -0.39 is 23.4 Å². The Morgan fingerprint density at radius 1 is 1.41 bits per heavy atom. The second-order valence-electron chi connectivity index (χ2n) is 5.89. The number of aryl methyl sites for hydroxylation is 2. The van der Waals surface area contributed by atoms with Gasteiger partial charge in [0.15, 0.2) is 5.82 Å². The summed E-state index contributed by atoms with van der Waals surface area (Å²) in [5.74, 6) is -2.13. The molecule has 11 heteroatoms. The summed E-state index contributed by atoms with van der Waals surface area (Å²) < 4.78 is 48.8. The van der Waals surface area contributed by atoms with E-state index in [0.717, 1.165) is 11.8 Å². The monoisotopic (exact) mass is 387 g/mol. The number of rotatable bonds is 5. The quantitative estimate of drug-likeness (QED) is 0.541. The maximum Gasteiger partial charge on any atom is 0.450 e. The lowest BCUT2D eigenvalue weighted by molar-refractivity contribution is -0.153. The lowest BCUT2D eigenvalue weighted by Crippen LogP contribution is -2.38. The predicted molar refractivity (Wildman–Crippen MR) is 91.6 cm³/mol. The number of hydrogen-bond acceptors (Lipinski definition) is 5. The standard InChI is InChI=1S/C16H20F3N5O3/c1-8-5-12(24-23-8)21-15(20-9(2)7-26-4)22-14(25)11-6-10(3)27-13(11)16(17,18)19/h5-6,9H,7H2,1-4H3,(H3,20,21,22,23,24,25)/t9-/m0/s1. The van der Waals surface area contributed by atoms with E-state index in [1.807, 2.05) is 0 Å². The second kappa shape index (κ2) is 8.25. The number of hydrogen-bond donors (Lipinski definition) is 3. The molecule has 2 heterocycles. The van der Waals surface area contributed by atoms with E-state index in [1.165, 1.54) is 14.0 Å². The highest BCUT2D eigenvalue weighted by molar-refractivity contribution is 6.10. The summed E-state index contributed by atoms with van der Waals surface area (Å²) in [7, 11) is 1.48. The Kier molecular flexibility index (Phi) is 6.26. The molecule has 0 aromatic carbocycles. The number of guanidine groups is 1. The highest BCUT2D eigenvalue weighted by Gasteiger charge is 2.40. The topological polar surface area (TPSA) is 105 Å². The molecule has 0 aliphatic heterocycles. The van der Waals surface area contributed by atoms with Gasteiger partial charge in [-0.05, 0) is 26.8 Å². The number of nitrogens with zero attached hydrogens (tertiary/aromatic N) is 2. The average Bonchev–Trinajstić information content (AvgIpc) is 3.13. The molecule has 0 aliphatic carbocycles. The Labute approximate surface area is 153 Å². The molecule has 0 fully saturated rings. The lowest BCUT2D eigenvalue weighted by atomic mass is 10.2. The minimum Gasteiger partial charge on any atom is -0.456 e. The third-order valence-electron chi connectivity index (χ3n) is 3.30. The Bertz CT molecular complexity index is 826. The van der Waals surface area contributed by atoms with Gasteiger partial charge in [0.1, 0.15) is 5.76 Å². The summed E-state index contributed by atoms with van der Waals surface area (Å²) in [6, 6.07) is 2.30. The molecule has 2 aromatic rings. The van der Waals surface area contributed by atoms with Crippen molar-refractivity contribution in [3.8, 4) is 0 Å². The number of nitrogens with one attached hydrogen (secondary N) is 3. The summed E-state index contributed by atoms with van der Waals surface area (Å²) in [6.07, 6.45) is -4.80. The van der Waals surface area contributed by atoms with Crippen LogP contribution in [0.2, 0.25) is 0 Å². The first-order valence-corrected chi connectivity index (χ1v) is 7.95. The molecule has 2 aromatic heterocycles. The number of carbonyl (C=O) groups excluding carboxylic acids is 1. The molecule has 2 rings (SSSR count). The zero-order valence-corrected chi connectivity index (χ0v) is 15.2. The molecule has 0 radical (unpaired) electrons. The lowest BCUT2D eigenvalue weighted by Gasteiger charge is -2.13. The van der Waals surface area contributed by atoms with Crippen LogP contribution in [0.3, 0.4) is 0 Å². The Morgan fingerprint density at radius 2 is 2.11 bits per heavy atom. The van der Waals surface area contributed by atoms with Crippen molar-refractivity contribution in [2.24, 2.45) is 4.99 Å². The molecular weight excluding hydrogens is 367 g/mol. The van der Waals surface area contributed by atoms with Gasteiger partial charge in [0, 0.05) is 18.9 Å². The number of carbonyl (C=O) groups is 1. The van der Waals surface area contributed by atoms with Crippen molar-refractivity contribution in [3.05, 3.63) is 34.9 Å². The largest absolute Gasteiger partial charge is 0.456 e. The minimum absolute atomic E-state index is 0.0328. The fourth-order valence-corrected chi connectivity index (χ4v) is 2.27. The van der Waals surface area contributed by atoms with Gasteiger partial charge in [0.05, 0.1) is 18.2 Å². The molecule has 3 N–H and O–H groups in total. The molecule has 148 valence electrons. The van der Waals surface area contributed by atoms with E-state index in [4.69, 9.17) is 4.74 Å². The number of ether oxygens (including phenoxy) is 1. The molecule has 1 atom stereocenters. The van der Waals surface area contributed by atoms with Crippen molar-refractivity contribution >= 4 is 17.7 Å². The summed E-state index contributed by atoms with van der Waals surface area (Å²) in [4.78, 5) is 16.6. The van der Waals surface area contributed by atoms with Gasteiger partial charge >= 0.3 is 6.18 Å². The second-order valence-corrected chi connectivity index (χ2v) is 5.89. The zero-order valence-electron chi connectivity index (χ0n) is 15.2. The molecule has 0 saturated carbocycles. The van der Waals surface area contributed by atoms with Crippen LogP contribution in [-0.4, -0.2) is 41.8 Å². The van der Waals surface area contributed by atoms with E-state index in [2.05, 4.69) is 30.2 Å². The van der Waals surface area contributed by atoms with Gasteiger partial charge in [-0.2, -0.15) is 18.3 Å². The van der Waals surface area contributed by atoms with Gasteiger partial charge in [0.2, 0.25) is 11.7 Å². The fraction of sp³-hybridized carbons (Fsp3) is 0.438. The number of aromatic amines is 1. The van der Waals surface area contributed by atoms with E-state index in [1.54, 1.807) is 19.9 Å². The number of aliphatic imine (C=N–C) groups is 1. The molecule has 0 aliphatic rings. The van der Waals surface area contributed by atoms with E-state index >= 15 is 0 Å². The van der Waals surface area contributed by atoms with E-state index in [0.29, 0.717) is 5.82 Å². The number of furan rings is 1. The van der Waals surface area contributed by atoms with Crippen molar-refractivity contribution in [1.82, 2.24) is 15.5 Å². The summed E-state index contributed by atoms with van der Waals surface area (Å²) >= 11 is 0. The molecule has 0 unspecified atom stereocenters. The third-order valence-corrected chi connectivity index (χ3v) is 3.30. The summed E-state index contributed by atoms with van der Waals surface area (Å²) in [5.41, 5.74) is 0.116. The van der Waals surface area contributed by atoms with E-state index in [-0.39, 0.29) is 24.4 Å². The van der Waals surface area contributed by atoms with Crippen molar-refractivity contribution < 1.29 is 27.1 Å². The number of H-pyrrole nitrogens is 1. The number of amides is 1. The molecule has 8 nitrogen and oxygen atoms in total. The molecule has 1 amide bonds. The third kappa shape index (κ3) is 5.58. The van der Waals surface area contributed by atoms with Crippen molar-refractivity contribution in [3.63, 3.8) is 0 Å². The molecule has 0 bridgehead atoms. The number of aromatic nitrogens is 2. The average molecular weight is 387 g/mol. The highest BCUT2D eigenvalue weighted by atomic mass is 19.4. The van der Waals surface area contributed by atoms with Crippen LogP contribution in [0.5, 0.6) is 0 Å². The Balaban J connectivity index is 2.28. The van der Waals surface area contributed by atoms with Crippen molar-refractivity contribution in [2.45, 2.75) is 33.0 Å². The van der Waals surface area contributed by atoms with Crippen LogP contribution in [0.25, 0.3) is 0 Å². The van der Waals surface area contributed by atoms with Gasteiger partial charge in [-0.1, -0.05) is 0 Å². The number of alkyl halides is 3. The number of anilines is 1. The summed E-state index contributed by atoms with van der Waals surface area (Å²) in [5, 5.41) is 11.8. The smallest absolute Gasteiger partial charge is 0.450 e. The van der Waals surface area contributed by atoms with Crippen molar-refractivity contribution in [2.75, 3.05) is 19.0 Å². The highest BCUT2D eigenvalue weighted by Crippen LogP contribution is 2.34. The van der Waals surface area contributed by atoms with Crippen LogP contribution in [0.4, 0.5) is 19.0 Å². The van der Waals surface area contributed by atoms with Crippen LogP contribution in [0.15, 0.2) is 21.5 Å². The molecule has 0 saturated heterocycles. The predicted octanol–water partition coefficient (Wildman–Crippen LogP) is 2.87. The van der Waals surface area contributed by atoms with Gasteiger partial charge < -0.3 is 14.5 Å². The minimum atomic E-state index is -4.80.